The fourth-order valence-corrected chi connectivity index (χ4v) is 0.0768. The number of hydrogen-bond donors (Lipinski definition) is 2. The maximum Gasteiger partial charge on any atom is 0.333 e. The van der Waals surface area contributed by atoms with E-state index < -0.39 is 12.6 Å². The van der Waals surface area contributed by atoms with Crippen molar-refractivity contribution in [3.8, 4) is 0 Å². The van der Waals surface area contributed by atoms with Gasteiger partial charge < -0.3 is 5.11 Å². The molecule has 0 unspecified atom stereocenters. The Hall–Kier alpha value is -0.650. The SMILES string of the molecule is O=C(O)COOO. The zero-order valence-electron chi connectivity index (χ0n) is 3.33. The van der Waals surface area contributed by atoms with Gasteiger partial charge in [0, 0.05) is 0 Å². The van der Waals surface area contributed by atoms with Crippen molar-refractivity contribution in [1.29, 1.82) is 0 Å². The van der Waals surface area contributed by atoms with Crippen LogP contribution in [-0.4, -0.2) is 22.9 Å². The van der Waals surface area contributed by atoms with Crippen molar-refractivity contribution in [1.82, 2.24) is 0 Å². The highest BCUT2D eigenvalue weighted by Crippen LogP contribution is 1.69. The van der Waals surface area contributed by atoms with Crippen LogP contribution in [0.25, 0.3) is 0 Å². The van der Waals surface area contributed by atoms with Crippen molar-refractivity contribution in [2.75, 3.05) is 6.61 Å². The van der Waals surface area contributed by atoms with Gasteiger partial charge in [-0.15, -0.1) is 0 Å². The molecule has 0 aliphatic rings. The molecule has 0 saturated carbocycles. The van der Waals surface area contributed by atoms with Crippen molar-refractivity contribution in [3.05, 3.63) is 0 Å². The molecule has 2 N–H and O–H groups in total. The summed E-state index contributed by atoms with van der Waals surface area (Å²) in [6.45, 7) is -0.656. The van der Waals surface area contributed by atoms with Crippen LogP contribution in [0.1, 0.15) is 0 Å². The summed E-state index contributed by atoms with van der Waals surface area (Å²) in [4.78, 5) is 13.0. The van der Waals surface area contributed by atoms with Crippen LogP contribution in [0.15, 0.2) is 0 Å². The molecule has 0 aromatic rings. The normalized spacial score (nSPS) is 8.71. The number of carbonyl (C=O) groups is 1. The maximum atomic E-state index is 9.44. The molecule has 0 amide bonds. The Balaban J connectivity index is 2.82. The highest BCUT2D eigenvalue weighted by molar-refractivity contribution is 5.67. The second kappa shape index (κ2) is 3.54. The molecule has 0 aromatic carbocycles. The average Bonchev–Trinajstić information content (AvgIpc) is 1.61. The lowest BCUT2D eigenvalue weighted by Gasteiger charge is -1.87. The number of carboxylic acid groups (broad SMARTS) is 1. The van der Waals surface area contributed by atoms with Crippen LogP contribution >= 0.6 is 0 Å². The standard InChI is InChI=1S/C2H4O5/c3-2(4)1-6-7-5/h5H,1H2,(H,3,4). The number of hydrogen-bond acceptors (Lipinski definition) is 4. The number of aliphatic carboxylic acids is 1. The van der Waals surface area contributed by atoms with E-state index in [1.165, 1.54) is 0 Å². The highest BCUT2D eigenvalue weighted by Gasteiger charge is 1.93. The van der Waals surface area contributed by atoms with Crippen LogP contribution in [-0.2, 0) is 14.7 Å². The Kier molecular flexibility index (Phi) is 3.21. The first kappa shape index (κ1) is 6.35. The molecule has 0 spiro atoms. The van der Waals surface area contributed by atoms with Gasteiger partial charge in [-0.05, 0) is 0 Å². The molecule has 5 nitrogen and oxygen atoms in total. The second-order valence-corrected chi connectivity index (χ2v) is 0.730. The fourth-order valence-electron chi connectivity index (χ4n) is 0.0768. The molecule has 0 rings (SSSR count). The van der Waals surface area contributed by atoms with Gasteiger partial charge in [-0.3, -0.25) is 0 Å². The Morgan fingerprint density at radius 2 is 2.29 bits per heavy atom. The molecule has 42 valence electrons. The van der Waals surface area contributed by atoms with E-state index in [4.69, 9.17) is 10.4 Å². The molecule has 0 radical (unpaired) electrons. The molecule has 5 heteroatoms. The van der Waals surface area contributed by atoms with E-state index in [9.17, 15) is 4.79 Å². The molecule has 0 aliphatic heterocycles. The largest absolute Gasteiger partial charge is 0.479 e. The van der Waals surface area contributed by atoms with E-state index in [0.717, 1.165) is 0 Å². The van der Waals surface area contributed by atoms with Crippen LogP contribution in [0.5, 0.6) is 0 Å². The minimum absolute atomic E-state index is 0.656. The van der Waals surface area contributed by atoms with Crippen molar-refractivity contribution in [2.24, 2.45) is 0 Å². The van der Waals surface area contributed by atoms with Crippen molar-refractivity contribution < 1.29 is 25.1 Å². The second-order valence-electron chi connectivity index (χ2n) is 0.730. The summed E-state index contributed by atoms with van der Waals surface area (Å²) in [5.41, 5.74) is 0. The topological polar surface area (TPSA) is 76.0 Å². The van der Waals surface area contributed by atoms with E-state index in [-0.39, 0.29) is 0 Å². The van der Waals surface area contributed by atoms with Crippen LogP contribution in [0.4, 0.5) is 0 Å². The first-order valence-corrected chi connectivity index (χ1v) is 1.42. The molecule has 0 heterocycles. The van der Waals surface area contributed by atoms with Gasteiger partial charge in [0.25, 0.3) is 0 Å². The molecule has 0 bridgehead atoms. The molecule has 0 saturated heterocycles. The third-order valence-electron chi connectivity index (χ3n) is 0.235. The Bertz CT molecular complexity index is 59.1. The summed E-state index contributed by atoms with van der Waals surface area (Å²) in [6, 6.07) is 0. The summed E-state index contributed by atoms with van der Waals surface area (Å²) in [5.74, 6) is -1.20. The van der Waals surface area contributed by atoms with Crippen LogP contribution in [0, 0.1) is 0 Å². The lowest BCUT2D eigenvalue weighted by atomic mass is 10.8. The zero-order valence-corrected chi connectivity index (χ0v) is 3.33. The summed E-state index contributed by atoms with van der Waals surface area (Å²) in [6.07, 6.45) is 0. The lowest BCUT2D eigenvalue weighted by Crippen LogP contribution is -2.05. The van der Waals surface area contributed by atoms with Gasteiger partial charge in [0.1, 0.15) is 0 Å². The van der Waals surface area contributed by atoms with Gasteiger partial charge >= 0.3 is 5.97 Å². The molecule has 0 atom stereocenters. The Morgan fingerprint density at radius 1 is 1.71 bits per heavy atom. The van der Waals surface area contributed by atoms with E-state index in [2.05, 4.69) is 9.93 Å². The van der Waals surface area contributed by atoms with Gasteiger partial charge in [-0.2, -0.15) is 4.89 Å². The van der Waals surface area contributed by atoms with Gasteiger partial charge in [0.15, 0.2) is 6.61 Å². The summed E-state index contributed by atoms with van der Waals surface area (Å²) in [5, 5.41) is 18.0. The maximum absolute atomic E-state index is 9.44. The van der Waals surface area contributed by atoms with E-state index in [0.29, 0.717) is 0 Å². The van der Waals surface area contributed by atoms with E-state index in [1.54, 1.807) is 0 Å². The monoisotopic (exact) mass is 108 g/mol. The zero-order chi connectivity index (χ0) is 5.70. The van der Waals surface area contributed by atoms with Gasteiger partial charge in [0.05, 0.1) is 0 Å². The highest BCUT2D eigenvalue weighted by atomic mass is 17.5. The number of rotatable bonds is 3. The Labute approximate surface area is 38.9 Å². The summed E-state index contributed by atoms with van der Waals surface area (Å²) < 4.78 is 0. The molecule has 7 heavy (non-hydrogen) atoms. The van der Waals surface area contributed by atoms with Crippen LogP contribution in [0.2, 0.25) is 0 Å². The molecular formula is C2H4O5. The van der Waals surface area contributed by atoms with Gasteiger partial charge in [-0.1, -0.05) is 5.04 Å². The van der Waals surface area contributed by atoms with Gasteiger partial charge in [0.2, 0.25) is 0 Å². The smallest absolute Gasteiger partial charge is 0.333 e. The van der Waals surface area contributed by atoms with Crippen molar-refractivity contribution in [2.45, 2.75) is 0 Å². The minimum Gasteiger partial charge on any atom is -0.479 e. The first-order valence-electron chi connectivity index (χ1n) is 1.42. The predicted octanol–water partition coefficient (Wildman–Crippen LogP) is -0.508. The summed E-state index contributed by atoms with van der Waals surface area (Å²) >= 11 is 0. The molecule has 0 fully saturated rings. The fraction of sp³-hybridized carbons (Fsp3) is 0.500. The minimum atomic E-state index is -1.20. The van der Waals surface area contributed by atoms with E-state index in [1.807, 2.05) is 0 Å². The van der Waals surface area contributed by atoms with Crippen molar-refractivity contribution >= 4 is 5.97 Å². The number of carboxylic acids is 1. The lowest BCUT2D eigenvalue weighted by molar-refractivity contribution is -0.487. The third-order valence-corrected chi connectivity index (χ3v) is 0.235. The Morgan fingerprint density at radius 3 is 2.43 bits per heavy atom. The van der Waals surface area contributed by atoms with Crippen molar-refractivity contribution in [3.63, 3.8) is 0 Å². The van der Waals surface area contributed by atoms with Crippen LogP contribution < -0.4 is 0 Å². The molecular weight excluding hydrogens is 104 g/mol. The molecule has 0 aromatic heterocycles. The van der Waals surface area contributed by atoms with E-state index >= 15 is 0 Å². The first-order chi connectivity index (χ1) is 3.27. The average molecular weight is 108 g/mol. The van der Waals surface area contributed by atoms with Gasteiger partial charge in [-0.25, -0.2) is 10.1 Å². The third kappa shape index (κ3) is 5.35. The van der Waals surface area contributed by atoms with Crippen LogP contribution in [0.3, 0.4) is 0 Å². The predicted molar refractivity (Wildman–Crippen MR) is 17.3 cm³/mol. The quantitative estimate of drug-likeness (QED) is 0.376. The summed E-state index contributed by atoms with van der Waals surface area (Å²) in [7, 11) is 0. The molecule has 0 aliphatic carbocycles.